The van der Waals surface area contributed by atoms with Gasteiger partial charge in [0.15, 0.2) is 6.10 Å². The first kappa shape index (κ1) is 19.0. The van der Waals surface area contributed by atoms with Crippen LogP contribution in [0.1, 0.15) is 37.4 Å². The van der Waals surface area contributed by atoms with Gasteiger partial charge in [0, 0.05) is 10.4 Å². The summed E-state index contributed by atoms with van der Waals surface area (Å²) < 4.78 is 5.28. The zero-order valence-corrected chi connectivity index (χ0v) is 16.1. The molecule has 1 unspecified atom stereocenters. The van der Waals surface area contributed by atoms with Gasteiger partial charge in [-0.05, 0) is 35.9 Å². The van der Waals surface area contributed by atoms with E-state index in [0.717, 1.165) is 4.88 Å². The summed E-state index contributed by atoms with van der Waals surface area (Å²) in [5.41, 5.74) is 0.407. The Balaban J connectivity index is 1.67. The fraction of sp³-hybridized carbons (Fsp3) is 0.150. The molecule has 0 fully saturated rings. The van der Waals surface area contributed by atoms with Crippen molar-refractivity contribution >= 4 is 40.3 Å². The molecule has 1 aromatic carbocycles. The molecule has 0 spiro atoms. The highest BCUT2D eigenvalue weighted by molar-refractivity contribution is 7.12. The average molecular weight is 399 g/mol. The molecular weight excluding hydrogens is 382 g/mol. The Labute approximate surface area is 164 Å². The molecule has 1 atom stereocenters. The van der Waals surface area contributed by atoms with Crippen molar-refractivity contribution in [3.63, 3.8) is 0 Å². The average Bonchev–Trinajstić information content (AvgIpc) is 3.39. The lowest BCUT2D eigenvalue weighted by Gasteiger charge is -2.14. The molecule has 3 rings (SSSR count). The first-order valence-corrected chi connectivity index (χ1v) is 10.0. The fourth-order valence-corrected chi connectivity index (χ4v) is 3.73. The predicted octanol–water partition coefficient (Wildman–Crippen LogP) is 3.90. The zero-order valence-electron chi connectivity index (χ0n) is 14.5. The van der Waals surface area contributed by atoms with Crippen molar-refractivity contribution in [2.24, 2.45) is 0 Å². The van der Waals surface area contributed by atoms with Crippen LogP contribution in [0.25, 0.3) is 0 Å². The number of rotatable bonds is 7. The minimum absolute atomic E-state index is 0.147. The lowest BCUT2D eigenvalue weighted by atomic mass is 10.0. The predicted molar refractivity (Wildman–Crippen MR) is 105 cm³/mol. The summed E-state index contributed by atoms with van der Waals surface area (Å²) in [6.07, 6.45) is -0.970. The van der Waals surface area contributed by atoms with Gasteiger partial charge >= 0.3 is 5.97 Å². The maximum absolute atomic E-state index is 12.6. The third-order valence-electron chi connectivity index (χ3n) is 3.81. The Morgan fingerprint density at radius 2 is 1.67 bits per heavy atom. The molecule has 0 bridgehead atoms. The third-order valence-corrected chi connectivity index (χ3v) is 5.55. The van der Waals surface area contributed by atoms with Crippen LogP contribution in [0, 0.1) is 0 Å². The van der Waals surface area contributed by atoms with Gasteiger partial charge in [-0.2, -0.15) is 0 Å². The van der Waals surface area contributed by atoms with Gasteiger partial charge in [0.05, 0.1) is 17.0 Å². The minimum Gasteiger partial charge on any atom is -0.449 e. The van der Waals surface area contributed by atoms with E-state index in [4.69, 9.17) is 4.74 Å². The smallest absolute Gasteiger partial charge is 0.339 e. The SMILES string of the molecule is CC(OC(=O)c1ccccc1C(=O)c1cccs1)C(=O)NCc1cccs1. The highest BCUT2D eigenvalue weighted by Gasteiger charge is 2.23. The quantitative estimate of drug-likeness (QED) is 0.483. The summed E-state index contributed by atoms with van der Waals surface area (Å²) in [5.74, 6) is -1.33. The van der Waals surface area contributed by atoms with Gasteiger partial charge < -0.3 is 10.1 Å². The Bertz CT molecular complexity index is 933. The maximum atomic E-state index is 12.6. The van der Waals surface area contributed by atoms with E-state index in [1.165, 1.54) is 35.7 Å². The van der Waals surface area contributed by atoms with Crippen molar-refractivity contribution < 1.29 is 19.1 Å². The van der Waals surface area contributed by atoms with Crippen molar-refractivity contribution in [3.8, 4) is 0 Å². The Morgan fingerprint density at radius 1 is 0.963 bits per heavy atom. The zero-order chi connectivity index (χ0) is 19.2. The summed E-state index contributed by atoms with van der Waals surface area (Å²) in [6.45, 7) is 1.89. The van der Waals surface area contributed by atoms with Crippen molar-refractivity contribution in [1.29, 1.82) is 0 Å². The highest BCUT2D eigenvalue weighted by Crippen LogP contribution is 2.19. The van der Waals surface area contributed by atoms with Gasteiger partial charge in [-0.3, -0.25) is 9.59 Å². The molecule has 0 aliphatic carbocycles. The molecule has 27 heavy (non-hydrogen) atoms. The summed E-state index contributed by atoms with van der Waals surface area (Å²) in [7, 11) is 0. The molecule has 0 aliphatic heterocycles. The number of benzene rings is 1. The van der Waals surface area contributed by atoms with Gasteiger partial charge in [0.2, 0.25) is 5.78 Å². The first-order chi connectivity index (χ1) is 13.1. The van der Waals surface area contributed by atoms with Crippen LogP contribution in [-0.2, 0) is 16.1 Å². The number of ether oxygens (including phenoxy) is 1. The summed E-state index contributed by atoms with van der Waals surface area (Å²) in [4.78, 5) is 38.9. The highest BCUT2D eigenvalue weighted by atomic mass is 32.1. The van der Waals surface area contributed by atoms with Gasteiger partial charge in [-0.25, -0.2) is 4.79 Å². The van der Waals surface area contributed by atoms with E-state index < -0.39 is 12.1 Å². The maximum Gasteiger partial charge on any atom is 0.339 e. The van der Waals surface area contributed by atoms with E-state index in [9.17, 15) is 14.4 Å². The molecular formula is C20H17NO4S2. The number of esters is 1. The van der Waals surface area contributed by atoms with E-state index in [1.54, 1.807) is 35.7 Å². The lowest BCUT2D eigenvalue weighted by molar-refractivity contribution is -0.129. The van der Waals surface area contributed by atoms with Crippen LogP contribution in [0.15, 0.2) is 59.3 Å². The van der Waals surface area contributed by atoms with Gasteiger partial charge in [-0.1, -0.05) is 30.3 Å². The van der Waals surface area contributed by atoms with Gasteiger partial charge in [0.25, 0.3) is 5.91 Å². The standard InChI is InChI=1S/C20H17NO4S2/c1-13(19(23)21-12-14-6-4-10-26-14)25-20(24)16-8-3-2-7-15(16)18(22)17-9-5-11-27-17/h2-11,13H,12H2,1H3,(H,21,23). The van der Waals surface area contributed by atoms with Crippen LogP contribution in [-0.4, -0.2) is 23.8 Å². The van der Waals surface area contributed by atoms with Crippen LogP contribution < -0.4 is 5.32 Å². The second-order valence-electron chi connectivity index (χ2n) is 5.70. The molecule has 0 aliphatic rings. The number of hydrogen-bond donors (Lipinski definition) is 1. The molecule has 1 N–H and O–H groups in total. The van der Waals surface area contributed by atoms with Crippen molar-refractivity contribution in [2.75, 3.05) is 0 Å². The second kappa shape index (κ2) is 8.75. The number of carbonyl (C=O) groups excluding carboxylic acids is 3. The van der Waals surface area contributed by atoms with Crippen LogP contribution in [0.4, 0.5) is 0 Å². The Morgan fingerprint density at radius 3 is 2.33 bits per heavy atom. The topological polar surface area (TPSA) is 72.5 Å². The third kappa shape index (κ3) is 4.69. The van der Waals surface area contributed by atoms with Gasteiger partial charge in [0.1, 0.15) is 0 Å². The number of hydrogen-bond acceptors (Lipinski definition) is 6. The summed E-state index contributed by atoms with van der Waals surface area (Å²) in [6, 6.07) is 13.7. The van der Waals surface area contributed by atoms with Crippen molar-refractivity contribution in [1.82, 2.24) is 5.32 Å². The van der Waals surface area contributed by atoms with E-state index in [2.05, 4.69) is 5.32 Å². The van der Waals surface area contributed by atoms with E-state index in [1.807, 2.05) is 17.5 Å². The van der Waals surface area contributed by atoms with Crippen LogP contribution in [0.5, 0.6) is 0 Å². The molecule has 5 nitrogen and oxygen atoms in total. The number of carbonyl (C=O) groups is 3. The van der Waals surface area contributed by atoms with Crippen molar-refractivity contribution in [3.05, 3.63) is 80.2 Å². The van der Waals surface area contributed by atoms with E-state index in [-0.39, 0.29) is 22.8 Å². The second-order valence-corrected chi connectivity index (χ2v) is 7.68. The molecule has 2 aromatic heterocycles. The molecule has 0 saturated carbocycles. The monoisotopic (exact) mass is 399 g/mol. The largest absolute Gasteiger partial charge is 0.449 e. The van der Waals surface area contributed by atoms with Crippen LogP contribution in [0.3, 0.4) is 0 Å². The molecule has 7 heteroatoms. The number of thiophene rings is 2. The van der Waals surface area contributed by atoms with E-state index >= 15 is 0 Å². The molecule has 3 aromatic rings. The fourth-order valence-electron chi connectivity index (χ4n) is 2.41. The molecule has 1 amide bonds. The molecule has 0 saturated heterocycles. The molecule has 138 valence electrons. The summed E-state index contributed by atoms with van der Waals surface area (Å²) in [5, 5.41) is 6.45. The Kier molecular flexibility index (Phi) is 6.16. The number of nitrogens with one attached hydrogen (secondary N) is 1. The molecule has 2 heterocycles. The first-order valence-electron chi connectivity index (χ1n) is 8.24. The van der Waals surface area contributed by atoms with Crippen molar-refractivity contribution in [2.45, 2.75) is 19.6 Å². The number of amides is 1. The normalized spacial score (nSPS) is 11.6. The Hall–Kier alpha value is -2.77. The van der Waals surface area contributed by atoms with Crippen LogP contribution in [0.2, 0.25) is 0 Å². The van der Waals surface area contributed by atoms with Gasteiger partial charge in [-0.15, -0.1) is 22.7 Å². The van der Waals surface area contributed by atoms with Crippen LogP contribution >= 0.6 is 22.7 Å². The van der Waals surface area contributed by atoms with E-state index in [0.29, 0.717) is 11.4 Å². The minimum atomic E-state index is -0.970. The number of ketones is 1. The summed E-state index contributed by atoms with van der Waals surface area (Å²) >= 11 is 2.84. The lowest BCUT2D eigenvalue weighted by Crippen LogP contribution is -2.35. The molecule has 0 radical (unpaired) electrons.